The molecule has 0 atom stereocenters. The van der Waals surface area contributed by atoms with E-state index < -0.39 is 0 Å². The van der Waals surface area contributed by atoms with Gasteiger partial charge in [0.1, 0.15) is 0 Å². The Kier molecular flexibility index (Phi) is 7.50. The Morgan fingerprint density at radius 3 is 2.17 bits per heavy atom. The molecule has 2 aromatic rings. The Hall–Kier alpha value is -2.13. The number of nitrogens with two attached hydrogens (primary N) is 1. The summed E-state index contributed by atoms with van der Waals surface area (Å²) in [6.45, 7) is 4.37. The van der Waals surface area contributed by atoms with Crippen molar-refractivity contribution in [3.8, 4) is 11.1 Å². The zero-order valence-corrected chi connectivity index (χ0v) is 14.6. The summed E-state index contributed by atoms with van der Waals surface area (Å²) in [4.78, 5) is 14.5. The van der Waals surface area contributed by atoms with Gasteiger partial charge < -0.3 is 10.6 Å². The fraction of sp³-hybridized carbons (Fsp3) is 0.381. The van der Waals surface area contributed by atoms with E-state index in [0.29, 0.717) is 13.0 Å². The minimum Gasteiger partial charge on any atom is -0.342 e. The predicted molar refractivity (Wildman–Crippen MR) is 101 cm³/mol. The molecule has 0 radical (unpaired) electrons. The van der Waals surface area contributed by atoms with Crippen LogP contribution >= 0.6 is 0 Å². The normalized spacial score (nSPS) is 10.6. The van der Waals surface area contributed by atoms with Crippen LogP contribution in [-0.2, 0) is 11.2 Å². The minimum atomic E-state index is 0.198. The number of nitrogens with zero attached hydrogens (tertiary/aromatic N) is 1. The number of hydrogen-bond acceptors (Lipinski definition) is 2. The predicted octanol–water partition coefficient (Wildman–Crippen LogP) is 3.87. The van der Waals surface area contributed by atoms with Crippen LogP contribution in [0.1, 0.15) is 31.7 Å². The molecule has 0 fully saturated rings. The lowest BCUT2D eigenvalue weighted by Crippen LogP contribution is -2.35. The second-order valence-corrected chi connectivity index (χ2v) is 6.12. The smallest absolute Gasteiger partial charge is 0.226 e. The molecule has 0 aliphatic rings. The molecule has 0 aliphatic heterocycles. The molecule has 2 N–H and O–H groups in total. The highest BCUT2D eigenvalue weighted by Gasteiger charge is 2.13. The molecule has 0 saturated heterocycles. The Balaban J connectivity index is 1.99. The van der Waals surface area contributed by atoms with Crippen molar-refractivity contribution >= 4 is 5.91 Å². The molecule has 0 aromatic heterocycles. The molecular weight excluding hydrogens is 296 g/mol. The van der Waals surface area contributed by atoms with E-state index in [4.69, 9.17) is 5.73 Å². The SMILES string of the molecule is CCCCN(CCCN)C(=O)Cc1ccc(-c2ccccc2)cc1. The third-order valence-electron chi connectivity index (χ3n) is 4.18. The molecule has 0 aliphatic carbocycles. The van der Waals surface area contributed by atoms with E-state index in [2.05, 4.69) is 43.3 Å². The average Bonchev–Trinajstić information content (AvgIpc) is 2.63. The van der Waals surface area contributed by atoms with Crippen molar-refractivity contribution in [2.75, 3.05) is 19.6 Å². The molecule has 0 unspecified atom stereocenters. The monoisotopic (exact) mass is 324 g/mol. The lowest BCUT2D eigenvalue weighted by molar-refractivity contribution is -0.130. The van der Waals surface area contributed by atoms with Crippen molar-refractivity contribution in [1.82, 2.24) is 4.90 Å². The fourth-order valence-electron chi connectivity index (χ4n) is 2.72. The van der Waals surface area contributed by atoms with Crippen LogP contribution in [0.5, 0.6) is 0 Å². The van der Waals surface area contributed by atoms with Gasteiger partial charge in [-0.05, 0) is 36.1 Å². The molecule has 0 spiro atoms. The molecule has 0 saturated carbocycles. The van der Waals surface area contributed by atoms with E-state index in [1.165, 1.54) is 11.1 Å². The number of benzene rings is 2. The summed E-state index contributed by atoms with van der Waals surface area (Å²) in [5.74, 6) is 0.198. The van der Waals surface area contributed by atoms with E-state index in [0.717, 1.165) is 37.9 Å². The highest BCUT2D eigenvalue weighted by molar-refractivity contribution is 5.79. The van der Waals surface area contributed by atoms with Crippen molar-refractivity contribution in [2.24, 2.45) is 5.73 Å². The second kappa shape index (κ2) is 9.89. The lowest BCUT2D eigenvalue weighted by atomic mass is 10.0. The first-order valence-electron chi connectivity index (χ1n) is 8.86. The lowest BCUT2D eigenvalue weighted by Gasteiger charge is -2.22. The molecule has 3 nitrogen and oxygen atoms in total. The topological polar surface area (TPSA) is 46.3 Å². The van der Waals surface area contributed by atoms with E-state index >= 15 is 0 Å². The van der Waals surface area contributed by atoms with E-state index in [1.54, 1.807) is 0 Å². The third kappa shape index (κ3) is 5.50. The van der Waals surface area contributed by atoms with E-state index in [9.17, 15) is 4.79 Å². The van der Waals surface area contributed by atoms with Gasteiger partial charge >= 0.3 is 0 Å². The van der Waals surface area contributed by atoms with E-state index in [1.807, 2.05) is 23.1 Å². The summed E-state index contributed by atoms with van der Waals surface area (Å²) in [5, 5.41) is 0. The quantitative estimate of drug-likeness (QED) is 0.761. The van der Waals surface area contributed by atoms with Crippen LogP contribution in [-0.4, -0.2) is 30.4 Å². The molecule has 2 rings (SSSR count). The maximum Gasteiger partial charge on any atom is 0.226 e. The van der Waals surface area contributed by atoms with Crippen molar-refractivity contribution in [2.45, 2.75) is 32.6 Å². The van der Waals surface area contributed by atoms with Gasteiger partial charge in [-0.2, -0.15) is 0 Å². The molecule has 0 bridgehead atoms. The maximum atomic E-state index is 12.6. The number of amides is 1. The summed E-state index contributed by atoms with van der Waals surface area (Å²) < 4.78 is 0. The Morgan fingerprint density at radius 2 is 1.54 bits per heavy atom. The third-order valence-corrected chi connectivity index (χ3v) is 4.18. The first-order valence-corrected chi connectivity index (χ1v) is 8.86. The van der Waals surface area contributed by atoms with Crippen LogP contribution in [0.4, 0.5) is 0 Å². The van der Waals surface area contributed by atoms with Crippen LogP contribution in [0.3, 0.4) is 0 Å². The summed E-state index contributed by atoms with van der Waals surface area (Å²) in [6.07, 6.45) is 3.47. The Bertz CT molecular complexity index is 599. The zero-order chi connectivity index (χ0) is 17.2. The molecule has 128 valence electrons. The van der Waals surface area contributed by atoms with Crippen LogP contribution in [0.2, 0.25) is 0 Å². The van der Waals surface area contributed by atoms with Crippen molar-refractivity contribution in [3.63, 3.8) is 0 Å². The molecule has 24 heavy (non-hydrogen) atoms. The first kappa shape index (κ1) is 18.2. The van der Waals surface area contributed by atoms with Gasteiger partial charge in [0.05, 0.1) is 6.42 Å². The van der Waals surface area contributed by atoms with Crippen LogP contribution < -0.4 is 5.73 Å². The first-order chi connectivity index (χ1) is 11.7. The number of carbonyl (C=O) groups excluding carboxylic acids is 1. The average molecular weight is 324 g/mol. The zero-order valence-electron chi connectivity index (χ0n) is 14.6. The van der Waals surface area contributed by atoms with Crippen LogP contribution in [0, 0.1) is 0 Å². The minimum absolute atomic E-state index is 0.198. The van der Waals surface area contributed by atoms with Crippen molar-refractivity contribution in [1.29, 1.82) is 0 Å². The molecule has 0 heterocycles. The van der Waals surface area contributed by atoms with Crippen molar-refractivity contribution in [3.05, 3.63) is 60.2 Å². The van der Waals surface area contributed by atoms with E-state index in [-0.39, 0.29) is 5.91 Å². The van der Waals surface area contributed by atoms with Gasteiger partial charge in [-0.25, -0.2) is 0 Å². The number of unbranched alkanes of at least 4 members (excludes halogenated alkanes) is 1. The van der Waals surface area contributed by atoms with Crippen LogP contribution in [0.25, 0.3) is 11.1 Å². The standard InChI is InChI=1S/C21H28N2O/c1-2-3-15-23(16-7-14-22)21(24)17-18-10-12-20(13-11-18)19-8-5-4-6-9-19/h4-6,8-13H,2-3,7,14-17,22H2,1H3. The summed E-state index contributed by atoms with van der Waals surface area (Å²) in [5.41, 5.74) is 9.03. The number of carbonyl (C=O) groups is 1. The number of rotatable bonds is 9. The van der Waals surface area contributed by atoms with Gasteiger partial charge in [0.25, 0.3) is 0 Å². The highest BCUT2D eigenvalue weighted by Crippen LogP contribution is 2.19. The van der Waals surface area contributed by atoms with Gasteiger partial charge in [0.15, 0.2) is 0 Å². The van der Waals surface area contributed by atoms with Gasteiger partial charge in [-0.1, -0.05) is 67.9 Å². The number of hydrogen-bond donors (Lipinski definition) is 1. The largest absolute Gasteiger partial charge is 0.342 e. The summed E-state index contributed by atoms with van der Waals surface area (Å²) >= 11 is 0. The van der Waals surface area contributed by atoms with Crippen LogP contribution in [0.15, 0.2) is 54.6 Å². The maximum absolute atomic E-state index is 12.6. The highest BCUT2D eigenvalue weighted by atomic mass is 16.2. The molecule has 1 amide bonds. The summed E-state index contributed by atoms with van der Waals surface area (Å²) in [6, 6.07) is 18.6. The molecule has 2 aromatic carbocycles. The second-order valence-electron chi connectivity index (χ2n) is 6.12. The van der Waals surface area contributed by atoms with Gasteiger partial charge in [-0.3, -0.25) is 4.79 Å². The van der Waals surface area contributed by atoms with Gasteiger partial charge in [0.2, 0.25) is 5.91 Å². The Morgan fingerprint density at radius 1 is 0.917 bits per heavy atom. The molecular formula is C21H28N2O. The summed E-state index contributed by atoms with van der Waals surface area (Å²) in [7, 11) is 0. The fourth-order valence-corrected chi connectivity index (χ4v) is 2.72. The Labute approximate surface area is 145 Å². The van der Waals surface area contributed by atoms with Crippen molar-refractivity contribution < 1.29 is 4.79 Å². The van der Waals surface area contributed by atoms with Gasteiger partial charge in [-0.15, -0.1) is 0 Å². The molecule has 3 heteroatoms. The van der Waals surface area contributed by atoms with Gasteiger partial charge in [0, 0.05) is 13.1 Å².